The molecule has 2 aromatic rings. The average Bonchev–Trinajstić information content (AvgIpc) is 3.09. The molecule has 124 valence electrons. The van der Waals surface area contributed by atoms with Gasteiger partial charge in [-0.3, -0.25) is 9.36 Å². The maximum atomic E-state index is 11.9. The zero-order valence-corrected chi connectivity index (χ0v) is 12.4. The topological polar surface area (TPSA) is 99.9 Å². The van der Waals surface area contributed by atoms with Gasteiger partial charge in [-0.25, -0.2) is 4.79 Å². The molecule has 24 heavy (non-hydrogen) atoms. The number of hydrogen-bond acceptors (Lipinski definition) is 7. The molecular formula is C16H14N2O6. The third-order valence-corrected chi connectivity index (χ3v) is 4.02. The molecule has 2 aliphatic rings. The normalized spacial score (nSPS) is 27.2. The van der Waals surface area contributed by atoms with Crippen LogP contribution in [0.2, 0.25) is 0 Å². The smallest absolute Gasteiger partial charge is 0.338 e. The highest BCUT2D eigenvalue weighted by Gasteiger charge is 2.51. The van der Waals surface area contributed by atoms with Crippen molar-refractivity contribution in [1.29, 1.82) is 0 Å². The van der Waals surface area contributed by atoms with Gasteiger partial charge in [0.2, 0.25) is 0 Å². The van der Waals surface area contributed by atoms with Crippen molar-refractivity contribution in [3.05, 3.63) is 58.5 Å². The number of hydrogen-bond donors (Lipinski definition) is 1. The molecule has 1 N–H and O–H groups in total. The maximum absolute atomic E-state index is 11.9. The third kappa shape index (κ3) is 2.45. The molecule has 1 aromatic heterocycles. The molecule has 0 radical (unpaired) electrons. The first kappa shape index (κ1) is 14.9. The van der Waals surface area contributed by atoms with E-state index in [1.54, 1.807) is 30.3 Å². The molecule has 0 bridgehead atoms. The summed E-state index contributed by atoms with van der Waals surface area (Å²) in [6, 6.07) is 9.95. The van der Waals surface area contributed by atoms with Gasteiger partial charge in [0.25, 0.3) is 5.56 Å². The van der Waals surface area contributed by atoms with E-state index in [1.165, 1.54) is 16.8 Å². The highest BCUT2D eigenvalue weighted by molar-refractivity contribution is 5.89. The Labute approximate surface area is 136 Å². The van der Waals surface area contributed by atoms with Gasteiger partial charge in [0.1, 0.15) is 18.8 Å². The van der Waals surface area contributed by atoms with Gasteiger partial charge >= 0.3 is 12.0 Å². The Bertz CT molecular complexity index is 821. The number of esters is 1. The number of ether oxygens (including phenoxy) is 3. The molecular weight excluding hydrogens is 316 g/mol. The van der Waals surface area contributed by atoms with Crippen molar-refractivity contribution in [2.75, 3.05) is 6.61 Å². The second kappa shape index (κ2) is 5.73. The first-order valence-corrected chi connectivity index (χ1v) is 7.45. The van der Waals surface area contributed by atoms with E-state index < -0.39 is 36.1 Å². The van der Waals surface area contributed by atoms with Crippen molar-refractivity contribution >= 4 is 5.97 Å². The van der Waals surface area contributed by atoms with Gasteiger partial charge in [-0.05, 0) is 12.1 Å². The Kier molecular flexibility index (Phi) is 3.55. The van der Waals surface area contributed by atoms with E-state index in [9.17, 15) is 14.7 Å². The van der Waals surface area contributed by atoms with E-state index in [-0.39, 0.29) is 12.6 Å². The molecule has 1 aromatic carbocycles. The fourth-order valence-electron chi connectivity index (χ4n) is 2.82. The SMILES string of the molecule is O=C(OC[C@@H]1O[C@@H]2[C@@H](Oc3nc(=O)ccn32)[C@@H]1O)c1ccccc1. The van der Waals surface area contributed by atoms with E-state index in [1.807, 2.05) is 0 Å². The third-order valence-electron chi connectivity index (χ3n) is 4.02. The molecule has 2 aliphatic heterocycles. The summed E-state index contributed by atoms with van der Waals surface area (Å²) in [6.07, 6.45) is -1.53. The van der Waals surface area contributed by atoms with Crippen LogP contribution in [0.5, 0.6) is 6.01 Å². The number of nitrogens with zero attached hydrogens (tertiary/aromatic N) is 2. The summed E-state index contributed by atoms with van der Waals surface area (Å²) in [5, 5.41) is 10.3. The summed E-state index contributed by atoms with van der Waals surface area (Å²) in [5.41, 5.74) is -0.00242. The van der Waals surface area contributed by atoms with E-state index >= 15 is 0 Å². The molecule has 0 aliphatic carbocycles. The van der Waals surface area contributed by atoms with Gasteiger partial charge < -0.3 is 19.3 Å². The fourth-order valence-corrected chi connectivity index (χ4v) is 2.82. The summed E-state index contributed by atoms with van der Waals surface area (Å²) in [5.74, 6) is -0.491. The Morgan fingerprint density at radius 3 is 2.88 bits per heavy atom. The Balaban J connectivity index is 1.43. The van der Waals surface area contributed by atoms with Crippen LogP contribution >= 0.6 is 0 Å². The highest BCUT2D eigenvalue weighted by Crippen LogP contribution is 2.38. The summed E-state index contributed by atoms with van der Waals surface area (Å²) in [4.78, 5) is 26.9. The van der Waals surface area contributed by atoms with Gasteiger partial charge in [-0.15, -0.1) is 0 Å². The predicted octanol–water partition coefficient (Wildman–Crippen LogP) is 0.120. The molecule has 0 saturated carbocycles. The van der Waals surface area contributed by atoms with Gasteiger partial charge in [-0.1, -0.05) is 18.2 Å². The molecule has 1 saturated heterocycles. The summed E-state index contributed by atoms with van der Waals surface area (Å²) in [6.45, 7) is -0.103. The van der Waals surface area contributed by atoms with Crippen molar-refractivity contribution < 1.29 is 24.1 Å². The Morgan fingerprint density at radius 1 is 1.29 bits per heavy atom. The largest absolute Gasteiger partial charge is 0.459 e. The van der Waals surface area contributed by atoms with Crippen molar-refractivity contribution in [2.45, 2.75) is 24.5 Å². The van der Waals surface area contributed by atoms with Crippen molar-refractivity contribution in [1.82, 2.24) is 9.55 Å². The average molecular weight is 330 g/mol. The minimum absolute atomic E-state index is 0.103. The molecule has 8 heteroatoms. The van der Waals surface area contributed by atoms with Crippen LogP contribution < -0.4 is 10.3 Å². The summed E-state index contributed by atoms with van der Waals surface area (Å²) in [7, 11) is 0. The number of aromatic nitrogens is 2. The number of rotatable bonds is 3. The first-order valence-electron chi connectivity index (χ1n) is 7.45. The number of benzene rings is 1. The lowest BCUT2D eigenvalue weighted by molar-refractivity contribution is -0.0512. The second-order valence-corrected chi connectivity index (χ2v) is 5.56. The van der Waals surface area contributed by atoms with E-state index in [2.05, 4.69) is 4.98 Å². The van der Waals surface area contributed by atoms with E-state index in [0.29, 0.717) is 5.56 Å². The standard InChI is InChI=1S/C16H14N2O6/c19-11-6-7-18-14-13(24-16(18)17-11)12(20)10(23-14)8-22-15(21)9-4-2-1-3-5-9/h1-7,10,12-14,20H,8H2/t10-,12+,13-,14+/m0/s1. The number of carbonyl (C=O) groups excluding carboxylic acids is 1. The zero-order chi connectivity index (χ0) is 16.7. The highest BCUT2D eigenvalue weighted by atomic mass is 16.6. The summed E-state index contributed by atoms with van der Waals surface area (Å²) >= 11 is 0. The molecule has 1 fully saturated rings. The monoisotopic (exact) mass is 330 g/mol. The lowest BCUT2D eigenvalue weighted by atomic mass is 10.1. The van der Waals surface area contributed by atoms with Crippen molar-refractivity contribution in [3.63, 3.8) is 0 Å². The van der Waals surface area contributed by atoms with Gasteiger partial charge in [0.05, 0.1) is 5.56 Å². The van der Waals surface area contributed by atoms with Crippen LogP contribution in [0.3, 0.4) is 0 Å². The van der Waals surface area contributed by atoms with Crippen LogP contribution in [0.15, 0.2) is 47.4 Å². The predicted molar refractivity (Wildman–Crippen MR) is 79.6 cm³/mol. The van der Waals surface area contributed by atoms with Crippen LogP contribution in [0.1, 0.15) is 16.6 Å². The van der Waals surface area contributed by atoms with Crippen LogP contribution in [-0.2, 0) is 9.47 Å². The number of aliphatic hydroxyl groups excluding tert-OH is 1. The minimum Gasteiger partial charge on any atom is -0.459 e. The van der Waals surface area contributed by atoms with Crippen molar-refractivity contribution in [2.24, 2.45) is 0 Å². The number of aliphatic hydroxyl groups is 1. The molecule has 0 spiro atoms. The molecule has 3 heterocycles. The van der Waals surface area contributed by atoms with Gasteiger partial charge in [0, 0.05) is 12.3 Å². The minimum atomic E-state index is -1.00. The summed E-state index contributed by atoms with van der Waals surface area (Å²) < 4.78 is 17.9. The van der Waals surface area contributed by atoms with E-state index in [4.69, 9.17) is 14.2 Å². The van der Waals surface area contributed by atoms with Crippen LogP contribution in [0.25, 0.3) is 0 Å². The Morgan fingerprint density at radius 2 is 2.08 bits per heavy atom. The molecule has 4 atom stereocenters. The van der Waals surface area contributed by atoms with Crippen LogP contribution in [0, 0.1) is 0 Å². The first-order chi connectivity index (χ1) is 11.6. The van der Waals surface area contributed by atoms with Crippen LogP contribution in [0.4, 0.5) is 0 Å². The maximum Gasteiger partial charge on any atom is 0.338 e. The quantitative estimate of drug-likeness (QED) is 0.798. The Hall–Kier alpha value is -2.71. The molecule has 0 amide bonds. The fraction of sp³-hybridized carbons (Fsp3) is 0.312. The number of fused-ring (bicyclic) bond motifs is 3. The lowest BCUT2D eigenvalue weighted by Crippen LogP contribution is -2.36. The second-order valence-electron chi connectivity index (χ2n) is 5.56. The number of carbonyl (C=O) groups is 1. The van der Waals surface area contributed by atoms with Crippen molar-refractivity contribution in [3.8, 4) is 6.01 Å². The van der Waals surface area contributed by atoms with Gasteiger partial charge in [0.15, 0.2) is 12.3 Å². The zero-order valence-electron chi connectivity index (χ0n) is 12.4. The molecule has 8 nitrogen and oxygen atoms in total. The molecule has 4 rings (SSSR count). The molecule has 0 unspecified atom stereocenters. The van der Waals surface area contributed by atoms with Crippen LogP contribution in [-0.4, -0.2) is 45.5 Å². The lowest BCUT2D eigenvalue weighted by Gasteiger charge is -2.17. The van der Waals surface area contributed by atoms with E-state index in [0.717, 1.165) is 0 Å². The van der Waals surface area contributed by atoms with Gasteiger partial charge in [-0.2, -0.15) is 4.98 Å².